The maximum atomic E-state index is 5.17. The fraction of sp³-hybridized carbons (Fsp3) is 0.0909. The molecule has 0 atom stereocenters. The standard InChI is InChI=1S/C11H8N4O2S/c1-16-11-12-4-8(5-13-11)10-14-9(15-17-10)7-2-3-18-6-7/h2-6H,1H3. The van der Waals surface area contributed by atoms with Crippen molar-refractivity contribution in [2.75, 3.05) is 7.11 Å². The number of thiophene rings is 1. The molecular formula is C11H8N4O2S. The molecule has 0 aliphatic heterocycles. The third kappa shape index (κ3) is 1.95. The van der Waals surface area contributed by atoms with Crippen molar-refractivity contribution in [1.29, 1.82) is 0 Å². The van der Waals surface area contributed by atoms with Gasteiger partial charge in [0.05, 0.1) is 12.7 Å². The van der Waals surface area contributed by atoms with Crippen molar-refractivity contribution in [1.82, 2.24) is 20.1 Å². The van der Waals surface area contributed by atoms with E-state index in [1.54, 1.807) is 23.7 Å². The highest BCUT2D eigenvalue weighted by Crippen LogP contribution is 2.23. The van der Waals surface area contributed by atoms with Gasteiger partial charge in [-0.1, -0.05) is 5.16 Å². The van der Waals surface area contributed by atoms with E-state index in [0.29, 0.717) is 23.3 Å². The summed E-state index contributed by atoms with van der Waals surface area (Å²) in [6.45, 7) is 0. The molecule has 18 heavy (non-hydrogen) atoms. The molecule has 0 radical (unpaired) electrons. The van der Waals surface area contributed by atoms with E-state index in [2.05, 4.69) is 20.1 Å². The molecule has 3 heterocycles. The molecule has 0 aliphatic rings. The van der Waals surface area contributed by atoms with Crippen LogP contribution in [0.5, 0.6) is 6.01 Å². The topological polar surface area (TPSA) is 73.9 Å². The highest BCUT2D eigenvalue weighted by Gasteiger charge is 2.11. The highest BCUT2D eigenvalue weighted by molar-refractivity contribution is 7.08. The molecule has 3 aromatic rings. The van der Waals surface area contributed by atoms with E-state index in [4.69, 9.17) is 9.26 Å². The monoisotopic (exact) mass is 260 g/mol. The summed E-state index contributed by atoms with van der Waals surface area (Å²) in [7, 11) is 1.51. The van der Waals surface area contributed by atoms with Crippen LogP contribution >= 0.6 is 11.3 Å². The second kappa shape index (κ2) is 4.53. The molecule has 6 nitrogen and oxygen atoms in total. The van der Waals surface area contributed by atoms with E-state index in [1.165, 1.54) is 7.11 Å². The van der Waals surface area contributed by atoms with E-state index < -0.39 is 0 Å². The van der Waals surface area contributed by atoms with Gasteiger partial charge in [-0.15, -0.1) is 0 Å². The first-order valence-corrected chi connectivity index (χ1v) is 6.04. The van der Waals surface area contributed by atoms with Crippen LogP contribution in [0.2, 0.25) is 0 Å². The molecule has 0 unspecified atom stereocenters. The number of hydrogen-bond donors (Lipinski definition) is 0. The van der Waals surface area contributed by atoms with Gasteiger partial charge in [-0.3, -0.25) is 0 Å². The summed E-state index contributed by atoms with van der Waals surface area (Å²) in [5, 5.41) is 7.83. The molecule has 0 aliphatic carbocycles. The molecule has 90 valence electrons. The van der Waals surface area contributed by atoms with E-state index in [1.807, 2.05) is 16.8 Å². The quantitative estimate of drug-likeness (QED) is 0.719. The minimum atomic E-state index is 0.302. The second-order valence-electron chi connectivity index (χ2n) is 3.39. The van der Waals surface area contributed by atoms with Gasteiger partial charge in [0, 0.05) is 23.3 Å². The summed E-state index contributed by atoms with van der Waals surface area (Å²) in [4.78, 5) is 12.3. The average Bonchev–Trinajstić information content (AvgIpc) is 3.09. The fourth-order valence-corrected chi connectivity index (χ4v) is 2.02. The van der Waals surface area contributed by atoms with Crippen molar-refractivity contribution < 1.29 is 9.26 Å². The van der Waals surface area contributed by atoms with Gasteiger partial charge in [-0.05, 0) is 11.4 Å². The van der Waals surface area contributed by atoms with Crippen molar-refractivity contribution in [3.8, 4) is 28.9 Å². The van der Waals surface area contributed by atoms with Gasteiger partial charge in [0.25, 0.3) is 5.89 Å². The molecule has 0 saturated heterocycles. The summed E-state index contributed by atoms with van der Waals surface area (Å²) in [6, 6.07) is 2.24. The third-order valence-corrected chi connectivity index (χ3v) is 2.95. The lowest BCUT2D eigenvalue weighted by molar-refractivity contribution is 0.379. The second-order valence-corrected chi connectivity index (χ2v) is 4.17. The number of rotatable bonds is 3. The molecule has 0 N–H and O–H groups in total. The van der Waals surface area contributed by atoms with Crippen LogP contribution in [0.1, 0.15) is 0 Å². The molecule has 0 saturated carbocycles. The average molecular weight is 260 g/mol. The van der Waals surface area contributed by atoms with Gasteiger partial charge in [0.1, 0.15) is 0 Å². The number of methoxy groups -OCH3 is 1. The summed E-state index contributed by atoms with van der Waals surface area (Å²) >= 11 is 1.58. The largest absolute Gasteiger partial charge is 0.467 e. The zero-order valence-electron chi connectivity index (χ0n) is 9.40. The first-order chi connectivity index (χ1) is 8.86. The Bertz CT molecular complexity index is 633. The van der Waals surface area contributed by atoms with Crippen LogP contribution in [-0.4, -0.2) is 27.2 Å². The van der Waals surface area contributed by atoms with Crippen molar-refractivity contribution >= 4 is 11.3 Å². The first-order valence-electron chi connectivity index (χ1n) is 5.09. The van der Waals surface area contributed by atoms with Crippen LogP contribution in [0.25, 0.3) is 22.8 Å². The lowest BCUT2D eigenvalue weighted by Crippen LogP contribution is -1.91. The first kappa shape index (κ1) is 10.8. The molecule has 0 aromatic carbocycles. The number of aromatic nitrogens is 4. The van der Waals surface area contributed by atoms with Crippen LogP contribution in [0.15, 0.2) is 33.7 Å². The van der Waals surface area contributed by atoms with Crippen LogP contribution in [0.3, 0.4) is 0 Å². The van der Waals surface area contributed by atoms with Gasteiger partial charge in [-0.2, -0.15) is 16.3 Å². The van der Waals surface area contributed by atoms with Crippen molar-refractivity contribution in [3.63, 3.8) is 0 Å². The summed E-state index contributed by atoms with van der Waals surface area (Å²) in [6.07, 6.45) is 3.16. The van der Waals surface area contributed by atoms with Gasteiger partial charge < -0.3 is 9.26 Å². The zero-order valence-corrected chi connectivity index (χ0v) is 10.2. The molecule has 0 spiro atoms. The molecule has 0 bridgehead atoms. The van der Waals surface area contributed by atoms with Gasteiger partial charge >= 0.3 is 6.01 Å². The van der Waals surface area contributed by atoms with E-state index in [9.17, 15) is 0 Å². The molecule has 7 heteroatoms. The van der Waals surface area contributed by atoms with Crippen molar-refractivity contribution in [2.45, 2.75) is 0 Å². The van der Waals surface area contributed by atoms with E-state index >= 15 is 0 Å². The minimum Gasteiger partial charge on any atom is -0.467 e. The zero-order chi connectivity index (χ0) is 12.4. The normalized spacial score (nSPS) is 10.5. The predicted octanol–water partition coefficient (Wildman–Crippen LogP) is 2.26. The van der Waals surface area contributed by atoms with Crippen molar-refractivity contribution in [3.05, 3.63) is 29.2 Å². The molecular weight excluding hydrogens is 252 g/mol. The van der Waals surface area contributed by atoms with Gasteiger partial charge in [0.2, 0.25) is 5.82 Å². The molecule has 0 fully saturated rings. The van der Waals surface area contributed by atoms with Crippen LogP contribution in [-0.2, 0) is 0 Å². The number of ether oxygens (including phenoxy) is 1. The summed E-state index contributed by atoms with van der Waals surface area (Å²) in [5.74, 6) is 0.945. The Hall–Kier alpha value is -2.28. The Balaban J connectivity index is 1.92. The summed E-state index contributed by atoms with van der Waals surface area (Å²) in [5.41, 5.74) is 1.59. The maximum Gasteiger partial charge on any atom is 0.316 e. The molecule has 3 rings (SSSR count). The molecule has 0 amide bonds. The van der Waals surface area contributed by atoms with Gasteiger partial charge in [0.15, 0.2) is 0 Å². The third-order valence-electron chi connectivity index (χ3n) is 2.26. The SMILES string of the molecule is COc1ncc(-c2nc(-c3ccsc3)no2)cn1. The number of nitrogens with zero attached hydrogens (tertiary/aromatic N) is 4. The Labute approximate surface area is 106 Å². The maximum absolute atomic E-state index is 5.17. The summed E-state index contributed by atoms with van der Waals surface area (Å²) < 4.78 is 10.1. The molecule has 3 aromatic heterocycles. The Morgan fingerprint density at radius 3 is 2.72 bits per heavy atom. The predicted molar refractivity (Wildman–Crippen MR) is 65.2 cm³/mol. The smallest absolute Gasteiger partial charge is 0.316 e. The minimum absolute atomic E-state index is 0.302. The van der Waals surface area contributed by atoms with Crippen LogP contribution in [0, 0.1) is 0 Å². The Morgan fingerprint density at radius 2 is 2.06 bits per heavy atom. The van der Waals surface area contributed by atoms with Crippen LogP contribution in [0.4, 0.5) is 0 Å². The Kier molecular flexibility index (Phi) is 2.73. The van der Waals surface area contributed by atoms with Gasteiger partial charge in [-0.25, -0.2) is 9.97 Å². The fourth-order valence-electron chi connectivity index (χ4n) is 1.38. The van der Waals surface area contributed by atoms with Crippen LogP contribution < -0.4 is 4.74 Å². The number of hydrogen-bond acceptors (Lipinski definition) is 7. The highest BCUT2D eigenvalue weighted by atomic mass is 32.1. The lowest BCUT2D eigenvalue weighted by Gasteiger charge is -1.96. The lowest BCUT2D eigenvalue weighted by atomic mass is 10.3. The Morgan fingerprint density at radius 1 is 1.22 bits per heavy atom. The van der Waals surface area contributed by atoms with E-state index in [-0.39, 0.29) is 0 Å². The van der Waals surface area contributed by atoms with Crippen molar-refractivity contribution in [2.24, 2.45) is 0 Å². The van der Waals surface area contributed by atoms with E-state index in [0.717, 1.165) is 5.56 Å².